The number of aromatic nitrogens is 1. The van der Waals surface area contributed by atoms with Crippen LogP contribution in [-0.2, 0) is 16.1 Å². The van der Waals surface area contributed by atoms with Gasteiger partial charge in [0, 0.05) is 12.7 Å². The van der Waals surface area contributed by atoms with Crippen LogP contribution in [0.1, 0.15) is 26.5 Å². The Morgan fingerprint density at radius 2 is 2.05 bits per heavy atom. The van der Waals surface area contributed by atoms with Gasteiger partial charge >= 0.3 is 0 Å². The van der Waals surface area contributed by atoms with Gasteiger partial charge in [-0.05, 0) is 32.0 Å². The number of nitrogens with zero attached hydrogens (tertiary/aromatic N) is 2. The van der Waals surface area contributed by atoms with Gasteiger partial charge in [-0.2, -0.15) is 0 Å². The molecule has 0 aliphatic rings. The molecule has 0 saturated heterocycles. The molecule has 5 heteroatoms. The van der Waals surface area contributed by atoms with Crippen molar-refractivity contribution >= 4 is 11.7 Å². The van der Waals surface area contributed by atoms with Crippen molar-refractivity contribution in [3.8, 4) is 0 Å². The van der Waals surface area contributed by atoms with Gasteiger partial charge in [-0.3, -0.25) is 19.5 Å². The lowest BCUT2D eigenvalue weighted by Gasteiger charge is -2.22. The summed E-state index contributed by atoms with van der Waals surface area (Å²) in [7, 11) is 1.85. The second kappa shape index (κ2) is 7.75. The molecule has 0 bridgehead atoms. The minimum Gasteiger partial charge on any atom is -0.345 e. The standard InChI is InChI=1S/C15H23N3O2/c1-11(2)15(12(3)19)17-14(20)10-18(4)9-13-7-5-6-8-16-13/h5-8,11,15H,9-10H2,1-4H3,(H,17,20). The second-order valence-corrected chi connectivity index (χ2v) is 5.39. The maximum atomic E-state index is 11.9. The summed E-state index contributed by atoms with van der Waals surface area (Å²) in [5, 5.41) is 2.78. The highest BCUT2D eigenvalue weighted by Crippen LogP contribution is 2.03. The van der Waals surface area contributed by atoms with E-state index in [0.29, 0.717) is 6.54 Å². The molecule has 1 amide bonds. The summed E-state index contributed by atoms with van der Waals surface area (Å²) in [6.07, 6.45) is 1.73. The van der Waals surface area contributed by atoms with Crippen molar-refractivity contribution in [2.45, 2.75) is 33.4 Å². The Labute approximate surface area is 120 Å². The van der Waals surface area contributed by atoms with Gasteiger partial charge in [0.2, 0.25) is 5.91 Å². The summed E-state index contributed by atoms with van der Waals surface area (Å²) < 4.78 is 0. The van der Waals surface area contributed by atoms with Crippen molar-refractivity contribution in [3.05, 3.63) is 30.1 Å². The minimum atomic E-state index is -0.411. The third-order valence-electron chi connectivity index (χ3n) is 2.99. The fourth-order valence-corrected chi connectivity index (χ4v) is 2.03. The highest BCUT2D eigenvalue weighted by atomic mass is 16.2. The number of nitrogens with one attached hydrogen (secondary N) is 1. The van der Waals surface area contributed by atoms with Gasteiger partial charge in [0.15, 0.2) is 5.78 Å². The maximum absolute atomic E-state index is 11.9. The van der Waals surface area contributed by atoms with Crippen LogP contribution < -0.4 is 5.32 Å². The molecule has 0 aliphatic heterocycles. The normalized spacial score (nSPS) is 12.5. The van der Waals surface area contributed by atoms with Crippen molar-refractivity contribution in [1.29, 1.82) is 0 Å². The molecule has 1 N–H and O–H groups in total. The Morgan fingerprint density at radius 1 is 1.35 bits per heavy atom. The largest absolute Gasteiger partial charge is 0.345 e. The van der Waals surface area contributed by atoms with Crippen LogP contribution in [0.25, 0.3) is 0 Å². The summed E-state index contributed by atoms with van der Waals surface area (Å²) in [6.45, 7) is 6.18. The lowest BCUT2D eigenvalue weighted by atomic mass is 10.0. The number of pyridine rings is 1. The van der Waals surface area contributed by atoms with Gasteiger partial charge in [0.25, 0.3) is 0 Å². The number of amides is 1. The van der Waals surface area contributed by atoms with Crippen molar-refractivity contribution in [3.63, 3.8) is 0 Å². The monoisotopic (exact) mass is 277 g/mol. The molecule has 0 aromatic carbocycles. The molecule has 1 heterocycles. The average molecular weight is 277 g/mol. The predicted molar refractivity (Wildman–Crippen MR) is 78.0 cm³/mol. The first-order valence-electron chi connectivity index (χ1n) is 6.78. The van der Waals surface area contributed by atoms with Crippen LogP contribution in [0.5, 0.6) is 0 Å². The van der Waals surface area contributed by atoms with Crippen LogP contribution in [0.15, 0.2) is 24.4 Å². The van der Waals surface area contributed by atoms with Crippen molar-refractivity contribution < 1.29 is 9.59 Å². The van der Waals surface area contributed by atoms with E-state index in [9.17, 15) is 9.59 Å². The highest BCUT2D eigenvalue weighted by Gasteiger charge is 2.21. The number of carbonyl (C=O) groups is 2. The molecule has 0 saturated carbocycles. The molecule has 1 aromatic heterocycles. The van der Waals surface area contributed by atoms with E-state index in [-0.39, 0.29) is 24.2 Å². The molecule has 0 spiro atoms. The molecular weight excluding hydrogens is 254 g/mol. The molecule has 1 unspecified atom stereocenters. The third kappa shape index (κ3) is 5.48. The van der Waals surface area contributed by atoms with Gasteiger partial charge in [0.05, 0.1) is 18.3 Å². The quantitative estimate of drug-likeness (QED) is 0.814. The van der Waals surface area contributed by atoms with E-state index in [1.54, 1.807) is 6.20 Å². The van der Waals surface area contributed by atoms with Crippen LogP contribution in [0.3, 0.4) is 0 Å². The molecule has 1 atom stereocenters. The van der Waals surface area contributed by atoms with E-state index in [1.165, 1.54) is 6.92 Å². The smallest absolute Gasteiger partial charge is 0.234 e. The zero-order valence-corrected chi connectivity index (χ0v) is 12.6. The Kier molecular flexibility index (Phi) is 6.31. The zero-order chi connectivity index (χ0) is 15.1. The number of rotatable bonds is 7. The first-order valence-corrected chi connectivity index (χ1v) is 6.78. The molecule has 1 aromatic rings. The summed E-state index contributed by atoms with van der Waals surface area (Å²) in [5.74, 6) is -0.0596. The molecule has 110 valence electrons. The zero-order valence-electron chi connectivity index (χ0n) is 12.6. The van der Waals surface area contributed by atoms with E-state index in [2.05, 4.69) is 10.3 Å². The molecular formula is C15H23N3O2. The van der Waals surface area contributed by atoms with Crippen LogP contribution in [0.2, 0.25) is 0 Å². The Balaban J connectivity index is 2.47. The maximum Gasteiger partial charge on any atom is 0.234 e. The average Bonchev–Trinajstić information content (AvgIpc) is 2.36. The van der Waals surface area contributed by atoms with Gasteiger partial charge in [-0.25, -0.2) is 0 Å². The van der Waals surface area contributed by atoms with Gasteiger partial charge in [0.1, 0.15) is 0 Å². The molecule has 0 fully saturated rings. The van der Waals surface area contributed by atoms with Crippen LogP contribution in [0, 0.1) is 5.92 Å². The topological polar surface area (TPSA) is 62.3 Å². The molecule has 0 radical (unpaired) electrons. The van der Waals surface area contributed by atoms with Gasteiger partial charge < -0.3 is 5.32 Å². The first kappa shape index (κ1) is 16.3. The summed E-state index contributed by atoms with van der Waals surface area (Å²) in [6, 6.07) is 5.28. The van der Waals surface area contributed by atoms with Gasteiger partial charge in [-0.1, -0.05) is 19.9 Å². The summed E-state index contributed by atoms with van der Waals surface area (Å²) in [5.41, 5.74) is 0.912. The first-order chi connectivity index (χ1) is 9.40. The molecule has 5 nitrogen and oxygen atoms in total. The minimum absolute atomic E-state index is 0.0132. The highest BCUT2D eigenvalue weighted by molar-refractivity contribution is 5.88. The second-order valence-electron chi connectivity index (χ2n) is 5.39. The molecule has 1 rings (SSSR count). The lowest BCUT2D eigenvalue weighted by molar-refractivity contribution is -0.128. The Hall–Kier alpha value is -1.75. The third-order valence-corrected chi connectivity index (χ3v) is 2.99. The SMILES string of the molecule is CC(=O)C(NC(=O)CN(C)Cc1ccccn1)C(C)C. The fraction of sp³-hybridized carbons (Fsp3) is 0.533. The van der Waals surface area contributed by atoms with Crippen LogP contribution >= 0.6 is 0 Å². The van der Waals surface area contributed by atoms with Crippen LogP contribution in [-0.4, -0.2) is 41.2 Å². The predicted octanol–water partition coefficient (Wildman–Crippen LogP) is 1.24. The van der Waals surface area contributed by atoms with Crippen molar-refractivity contribution in [1.82, 2.24) is 15.2 Å². The number of hydrogen-bond donors (Lipinski definition) is 1. The van der Waals surface area contributed by atoms with E-state index >= 15 is 0 Å². The van der Waals surface area contributed by atoms with Crippen LogP contribution in [0.4, 0.5) is 0 Å². The number of likely N-dealkylation sites (N-methyl/N-ethyl adjacent to an activating group) is 1. The Morgan fingerprint density at radius 3 is 2.55 bits per heavy atom. The van der Waals surface area contributed by atoms with Crippen molar-refractivity contribution in [2.75, 3.05) is 13.6 Å². The number of hydrogen-bond acceptors (Lipinski definition) is 4. The fourth-order valence-electron chi connectivity index (χ4n) is 2.03. The van der Waals surface area contributed by atoms with E-state index < -0.39 is 6.04 Å². The molecule has 0 aliphatic carbocycles. The van der Waals surface area contributed by atoms with Crippen molar-refractivity contribution in [2.24, 2.45) is 5.92 Å². The van der Waals surface area contributed by atoms with E-state index in [1.807, 2.05) is 44.0 Å². The summed E-state index contributed by atoms with van der Waals surface area (Å²) in [4.78, 5) is 29.5. The number of ketones is 1. The lowest BCUT2D eigenvalue weighted by Crippen LogP contribution is -2.46. The van der Waals surface area contributed by atoms with E-state index in [0.717, 1.165) is 5.69 Å². The summed E-state index contributed by atoms with van der Waals surface area (Å²) >= 11 is 0. The number of Topliss-reactive ketones (excluding diaryl/α,β-unsaturated/α-hetero) is 1. The Bertz CT molecular complexity index is 446. The van der Waals surface area contributed by atoms with Gasteiger partial charge in [-0.15, -0.1) is 0 Å². The van der Waals surface area contributed by atoms with E-state index in [4.69, 9.17) is 0 Å². The number of carbonyl (C=O) groups excluding carboxylic acids is 2. The molecule has 20 heavy (non-hydrogen) atoms.